The summed E-state index contributed by atoms with van der Waals surface area (Å²) in [6.07, 6.45) is -2.89. The smallest absolute Gasteiger partial charge is 0.299 e. The Balaban J connectivity index is 2.38. The van der Waals surface area contributed by atoms with E-state index in [9.17, 15) is 13.2 Å². The first kappa shape index (κ1) is 11.8. The lowest BCUT2D eigenvalue weighted by molar-refractivity contribution is -0.140. The number of alkyl halides is 3. The van der Waals surface area contributed by atoms with Gasteiger partial charge in [0.1, 0.15) is 5.65 Å². The van der Waals surface area contributed by atoms with Gasteiger partial charge in [-0.15, -0.1) is 0 Å². The number of halogens is 3. The van der Waals surface area contributed by atoms with Gasteiger partial charge in [-0.3, -0.25) is 4.40 Å². The highest BCUT2D eigenvalue weighted by Crippen LogP contribution is 2.36. The van der Waals surface area contributed by atoms with Gasteiger partial charge in [0.2, 0.25) is 0 Å². The van der Waals surface area contributed by atoms with E-state index in [0.29, 0.717) is 5.56 Å². The summed E-state index contributed by atoms with van der Waals surface area (Å²) in [6.45, 7) is 0. The zero-order valence-corrected chi connectivity index (χ0v) is 9.72. The number of imidazole rings is 1. The van der Waals surface area contributed by atoms with E-state index in [1.165, 1.54) is 4.40 Å². The van der Waals surface area contributed by atoms with Crippen LogP contribution in [0.25, 0.3) is 16.9 Å². The number of hydrogen-bond acceptors (Lipinski definition) is 1. The van der Waals surface area contributed by atoms with Crippen molar-refractivity contribution in [2.75, 3.05) is 0 Å². The molecule has 2 nitrogen and oxygen atoms in total. The summed E-state index contributed by atoms with van der Waals surface area (Å²) in [5.41, 5.74) is -0.00389. The van der Waals surface area contributed by atoms with Crippen molar-refractivity contribution in [1.82, 2.24) is 9.38 Å². The lowest BCUT2D eigenvalue weighted by Gasteiger charge is -2.07. The molecule has 0 aliphatic rings. The van der Waals surface area contributed by atoms with Gasteiger partial charge in [0, 0.05) is 11.8 Å². The Kier molecular flexibility index (Phi) is 2.55. The zero-order chi connectivity index (χ0) is 13.5. The Hall–Kier alpha value is -2.30. The van der Waals surface area contributed by atoms with E-state index in [1.807, 2.05) is 0 Å². The van der Waals surface area contributed by atoms with Gasteiger partial charge in [-0.25, -0.2) is 4.98 Å². The number of pyridine rings is 1. The van der Waals surface area contributed by atoms with Crippen molar-refractivity contribution in [1.29, 1.82) is 0 Å². The molecule has 2 aromatic heterocycles. The number of aromatic nitrogens is 2. The molecule has 0 bridgehead atoms. The van der Waals surface area contributed by atoms with Gasteiger partial charge >= 0.3 is 6.18 Å². The molecule has 0 radical (unpaired) electrons. The van der Waals surface area contributed by atoms with Crippen molar-refractivity contribution in [2.24, 2.45) is 0 Å². The molecule has 0 saturated carbocycles. The molecule has 19 heavy (non-hydrogen) atoms. The molecule has 0 fully saturated rings. The predicted molar refractivity (Wildman–Crippen MR) is 65.6 cm³/mol. The molecule has 5 heteroatoms. The van der Waals surface area contributed by atoms with Crippen molar-refractivity contribution in [2.45, 2.75) is 6.18 Å². The normalized spacial score (nSPS) is 11.9. The maximum Gasteiger partial charge on any atom is 0.435 e. The van der Waals surface area contributed by atoms with E-state index in [0.717, 1.165) is 0 Å². The van der Waals surface area contributed by atoms with Crippen molar-refractivity contribution < 1.29 is 13.2 Å². The fraction of sp³-hybridized carbons (Fsp3) is 0.0714. The first-order valence-corrected chi connectivity index (χ1v) is 5.67. The summed E-state index contributed by atoms with van der Waals surface area (Å²) >= 11 is 0. The summed E-state index contributed by atoms with van der Waals surface area (Å²) in [6, 6.07) is 13.4. The minimum atomic E-state index is -4.48. The van der Waals surface area contributed by atoms with E-state index < -0.39 is 11.9 Å². The summed E-state index contributed by atoms with van der Waals surface area (Å²) in [4.78, 5) is 3.70. The third-order valence-corrected chi connectivity index (χ3v) is 2.85. The second-order valence-electron chi connectivity index (χ2n) is 4.10. The Morgan fingerprint density at radius 2 is 1.58 bits per heavy atom. The molecule has 0 amide bonds. The van der Waals surface area contributed by atoms with Crippen molar-refractivity contribution in [3.8, 4) is 11.3 Å². The minimum absolute atomic E-state index is 0.0729. The number of rotatable bonds is 1. The highest BCUT2D eigenvalue weighted by Gasteiger charge is 2.38. The van der Waals surface area contributed by atoms with Gasteiger partial charge in [0.25, 0.3) is 0 Å². The molecule has 2 heterocycles. The maximum absolute atomic E-state index is 13.1. The third-order valence-electron chi connectivity index (χ3n) is 2.85. The molecule has 0 saturated heterocycles. The molecule has 0 unspecified atom stereocenters. The minimum Gasteiger partial charge on any atom is -0.299 e. The third kappa shape index (κ3) is 1.97. The molecule has 0 N–H and O–H groups in total. The largest absolute Gasteiger partial charge is 0.435 e. The summed E-state index contributed by atoms with van der Waals surface area (Å²) in [5.74, 6) is 0. The van der Waals surface area contributed by atoms with E-state index in [-0.39, 0.29) is 11.3 Å². The fourth-order valence-electron chi connectivity index (χ4n) is 2.07. The van der Waals surface area contributed by atoms with E-state index in [1.54, 1.807) is 54.7 Å². The van der Waals surface area contributed by atoms with Crippen LogP contribution in [0.5, 0.6) is 0 Å². The van der Waals surface area contributed by atoms with Gasteiger partial charge in [-0.1, -0.05) is 36.4 Å². The number of nitrogens with zero attached hydrogens (tertiary/aromatic N) is 2. The van der Waals surface area contributed by atoms with E-state index in [2.05, 4.69) is 4.98 Å². The van der Waals surface area contributed by atoms with E-state index >= 15 is 0 Å². The average Bonchev–Trinajstić information content (AvgIpc) is 2.79. The molecule has 0 aliphatic carbocycles. The van der Waals surface area contributed by atoms with Crippen LogP contribution in [-0.4, -0.2) is 9.38 Å². The van der Waals surface area contributed by atoms with Crippen LogP contribution in [0.3, 0.4) is 0 Å². The van der Waals surface area contributed by atoms with Gasteiger partial charge in [0.05, 0.1) is 5.69 Å². The van der Waals surface area contributed by atoms with Crippen LogP contribution in [-0.2, 0) is 6.18 Å². The van der Waals surface area contributed by atoms with E-state index in [4.69, 9.17) is 0 Å². The maximum atomic E-state index is 13.1. The molecular weight excluding hydrogens is 253 g/mol. The molecule has 3 rings (SSSR count). The molecule has 96 valence electrons. The SMILES string of the molecule is FC(F)(F)c1nc2ccccn2c1-c1ccccc1. The van der Waals surface area contributed by atoms with Crippen LogP contribution < -0.4 is 0 Å². The topological polar surface area (TPSA) is 17.3 Å². The van der Waals surface area contributed by atoms with Crippen molar-refractivity contribution in [3.63, 3.8) is 0 Å². The molecule has 0 spiro atoms. The average molecular weight is 262 g/mol. The van der Waals surface area contributed by atoms with Crippen LogP contribution in [0.1, 0.15) is 5.69 Å². The van der Waals surface area contributed by atoms with Crippen LogP contribution in [0, 0.1) is 0 Å². The predicted octanol–water partition coefficient (Wildman–Crippen LogP) is 4.02. The van der Waals surface area contributed by atoms with Gasteiger partial charge in [-0.2, -0.15) is 13.2 Å². The number of fused-ring (bicyclic) bond motifs is 1. The molecule has 0 aliphatic heterocycles. The quantitative estimate of drug-likeness (QED) is 0.647. The second-order valence-corrected chi connectivity index (χ2v) is 4.10. The fourth-order valence-corrected chi connectivity index (χ4v) is 2.07. The van der Waals surface area contributed by atoms with Crippen LogP contribution >= 0.6 is 0 Å². The Bertz CT molecular complexity index is 714. The summed E-state index contributed by atoms with van der Waals surface area (Å²) < 4.78 is 40.7. The lowest BCUT2D eigenvalue weighted by Crippen LogP contribution is -2.07. The van der Waals surface area contributed by atoms with Crippen molar-refractivity contribution in [3.05, 3.63) is 60.4 Å². The Labute approximate surface area is 107 Å². The van der Waals surface area contributed by atoms with Crippen molar-refractivity contribution >= 4 is 5.65 Å². The standard InChI is InChI=1S/C14H9F3N2/c15-14(16,17)13-12(10-6-2-1-3-7-10)19-9-5-4-8-11(19)18-13/h1-9H. The molecular formula is C14H9F3N2. The first-order chi connectivity index (χ1) is 9.07. The van der Waals surface area contributed by atoms with Gasteiger partial charge in [0.15, 0.2) is 5.69 Å². The summed E-state index contributed by atoms with van der Waals surface area (Å²) in [7, 11) is 0. The van der Waals surface area contributed by atoms with Crippen LogP contribution in [0.4, 0.5) is 13.2 Å². The summed E-state index contributed by atoms with van der Waals surface area (Å²) in [5, 5.41) is 0. The molecule has 1 aromatic carbocycles. The highest BCUT2D eigenvalue weighted by atomic mass is 19.4. The van der Waals surface area contributed by atoms with Crippen LogP contribution in [0.2, 0.25) is 0 Å². The van der Waals surface area contributed by atoms with Crippen LogP contribution in [0.15, 0.2) is 54.7 Å². The Morgan fingerprint density at radius 1 is 0.895 bits per heavy atom. The molecule has 3 aromatic rings. The Morgan fingerprint density at radius 3 is 2.26 bits per heavy atom. The first-order valence-electron chi connectivity index (χ1n) is 5.67. The second kappa shape index (κ2) is 4.12. The zero-order valence-electron chi connectivity index (χ0n) is 9.72. The number of hydrogen-bond donors (Lipinski definition) is 0. The molecule has 0 atom stereocenters. The monoisotopic (exact) mass is 262 g/mol. The highest BCUT2D eigenvalue weighted by molar-refractivity contribution is 5.67. The number of benzene rings is 1. The van der Waals surface area contributed by atoms with Gasteiger partial charge < -0.3 is 0 Å². The lowest BCUT2D eigenvalue weighted by atomic mass is 10.1. The van der Waals surface area contributed by atoms with Gasteiger partial charge in [-0.05, 0) is 12.1 Å².